The molecule has 28 heavy (non-hydrogen) atoms. The van der Waals surface area contributed by atoms with Gasteiger partial charge in [-0.05, 0) is 56.1 Å². The Kier molecular flexibility index (Phi) is 8.26. The molecular weight excluding hydrogens is 388 g/mol. The van der Waals surface area contributed by atoms with Crippen LogP contribution in [0.1, 0.15) is 29.5 Å². The molecule has 0 spiro atoms. The Bertz CT molecular complexity index is 757. The number of nitrogens with one attached hydrogen (secondary N) is 1. The van der Waals surface area contributed by atoms with E-state index in [1.165, 1.54) is 16.7 Å². The van der Waals surface area contributed by atoms with Gasteiger partial charge in [0.25, 0.3) is 0 Å². The van der Waals surface area contributed by atoms with E-state index < -0.39 is 0 Å². The number of likely N-dealkylation sites (tertiary alicyclic amines) is 1. The summed E-state index contributed by atoms with van der Waals surface area (Å²) >= 11 is 7.74. The molecule has 0 radical (unpaired) electrons. The molecule has 1 heterocycles. The number of carbonyl (C=O) groups excluding carboxylic acids is 1. The lowest BCUT2D eigenvalue weighted by molar-refractivity contribution is -0.126. The minimum atomic E-state index is 0.162. The Hall–Kier alpha value is -1.49. The highest BCUT2D eigenvalue weighted by Gasteiger charge is 2.24. The zero-order chi connectivity index (χ0) is 19.8. The van der Waals surface area contributed by atoms with Crippen molar-refractivity contribution in [2.24, 2.45) is 5.92 Å². The van der Waals surface area contributed by atoms with Gasteiger partial charge in [-0.25, -0.2) is 0 Å². The van der Waals surface area contributed by atoms with Crippen molar-refractivity contribution in [3.8, 4) is 0 Å². The second-order valence-corrected chi connectivity index (χ2v) is 9.05. The van der Waals surface area contributed by atoms with Crippen LogP contribution in [0.15, 0.2) is 48.5 Å². The summed E-state index contributed by atoms with van der Waals surface area (Å²) in [5.41, 5.74) is 3.93. The van der Waals surface area contributed by atoms with E-state index in [-0.39, 0.29) is 11.8 Å². The molecule has 1 aliphatic rings. The molecule has 150 valence electrons. The summed E-state index contributed by atoms with van der Waals surface area (Å²) in [4.78, 5) is 14.9. The Morgan fingerprint density at radius 1 is 1.14 bits per heavy atom. The quantitative estimate of drug-likeness (QED) is 0.620. The van der Waals surface area contributed by atoms with Crippen molar-refractivity contribution in [2.45, 2.75) is 32.1 Å². The van der Waals surface area contributed by atoms with Gasteiger partial charge in [0, 0.05) is 35.5 Å². The summed E-state index contributed by atoms with van der Waals surface area (Å²) < 4.78 is 0. The van der Waals surface area contributed by atoms with Crippen molar-refractivity contribution in [1.82, 2.24) is 10.2 Å². The van der Waals surface area contributed by atoms with E-state index >= 15 is 0 Å². The number of carbonyl (C=O) groups is 1. The number of amides is 1. The Morgan fingerprint density at radius 2 is 1.89 bits per heavy atom. The summed E-state index contributed by atoms with van der Waals surface area (Å²) in [5, 5.41) is 3.89. The van der Waals surface area contributed by atoms with Crippen molar-refractivity contribution in [1.29, 1.82) is 0 Å². The lowest BCUT2D eigenvalue weighted by Crippen LogP contribution is -2.40. The lowest BCUT2D eigenvalue weighted by Gasteiger charge is -2.31. The van der Waals surface area contributed by atoms with Gasteiger partial charge in [0.2, 0.25) is 5.91 Å². The molecule has 1 N–H and O–H groups in total. The highest BCUT2D eigenvalue weighted by Crippen LogP contribution is 2.20. The third-order valence-electron chi connectivity index (χ3n) is 5.17. The summed E-state index contributed by atoms with van der Waals surface area (Å²) in [6.07, 6.45) is 1.91. The molecule has 0 saturated carbocycles. The molecule has 1 aliphatic heterocycles. The second-order valence-electron chi connectivity index (χ2n) is 7.51. The van der Waals surface area contributed by atoms with E-state index in [9.17, 15) is 4.79 Å². The van der Waals surface area contributed by atoms with Crippen molar-refractivity contribution in [3.05, 3.63) is 70.2 Å². The summed E-state index contributed by atoms with van der Waals surface area (Å²) in [5.74, 6) is 2.27. The number of benzene rings is 2. The first kappa shape index (κ1) is 21.2. The lowest BCUT2D eigenvalue weighted by atomic mass is 9.95. The van der Waals surface area contributed by atoms with Crippen LogP contribution < -0.4 is 5.32 Å². The first-order chi connectivity index (χ1) is 13.6. The average molecular weight is 417 g/mol. The fourth-order valence-corrected chi connectivity index (χ4v) is 4.53. The van der Waals surface area contributed by atoms with Gasteiger partial charge >= 0.3 is 0 Å². The molecule has 0 atom stereocenters. The minimum Gasteiger partial charge on any atom is -0.355 e. The van der Waals surface area contributed by atoms with Crippen LogP contribution in [0, 0.1) is 12.8 Å². The zero-order valence-electron chi connectivity index (χ0n) is 16.5. The maximum Gasteiger partial charge on any atom is 0.223 e. The van der Waals surface area contributed by atoms with Crippen LogP contribution in [0.2, 0.25) is 5.02 Å². The van der Waals surface area contributed by atoms with Gasteiger partial charge in [0.1, 0.15) is 0 Å². The SMILES string of the molecule is Cc1cccc(CN2CCC(C(=O)NCCSCc3ccc(Cl)cc3)CC2)c1. The van der Waals surface area contributed by atoms with Crippen LogP contribution >= 0.6 is 23.4 Å². The molecule has 0 aromatic heterocycles. The molecule has 1 fully saturated rings. The van der Waals surface area contributed by atoms with Gasteiger partial charge in [-0.15, -0.1) is 0 Å². The molecule has 0 unspecified atom stereocenters. The number of piperidine rings is 1. The van der Waals surface area contributed by atoms with Crippen LogP contribution in [0.5, 0.6) is 0 Å². The average Bonchev–Trinajstić information content (AvgIpc) is 2.69. The number of aryl methyl sites for hydroxylation is 1. The Morgan fingerprint density at radius 3 is 2.61 bits per heavy atom. The first-order valence-corrected chi connectivity index (χ1v) is 11.5. The summed E-state index contributed by atoms with van der Waals surface area (Å²) in [6, 6.07) is 16.6. The van der Waals surface area contributed by atoms with Gasteiger partial charge in [-0.2, -0.15) is 11.8 Å². The molecular formula is C23H29ClN2OS. The predicted molar refractivity (Wildman–Crippen MR) is 120 cm³/mol. The Labute approximate surface area is 177 Å². The van der Waals surface area contributed by atoms with E-state index in [1.54, 1.807) is 0 Å². The third-order valence-corrected chi connectivity index (χ3v) is 6.46. The number of nitrogens with zero attached hydrogens (tertiary/aromatic N) is 1. The molecule has 0 aliphatic carbocycles. The molecule has 3 rings (SSSR count). The highest BCUT2D eigenvalue weighted by atomic mass is 35.5. The smallest absolute Gasteiger partial charge is 0.223 e. The largest absolute Gasteiger partial charge is 0.355 e. The number of thioether (sulfide) groups is 1. The van der Waals surface area contributed by atoms with E-state index in [2.05, 4.69) is 53.5 Å². The number of halogens is 1. The molecule has 1 amide bonds. The molecule has 0 bridgehead atoms. The van der Waals surface area contributed by atoms with E-state index in [1.807, 2.05) is 23.9 Å². The van der Waals surface area contributed by atoms with Crippen LogP contribution in [0.3, 0.4) is 0 Å². The molecule has 5 heteroatoms. The van der Waals surface area contributed by atoms with Gasteiger partial charge in [-0.1, -0.05) is 53.6 Å². The second kappa shape index (κ2) is 10.9. The molecule has 3 nitrogen and oxygen atoms in total. The fraction of sp³-hybridized carbons (Fsp3) is 0.435. The predicted octanol–water partition coefficient (Wildman–Crippen LogP) is 4.91. The van der Waals surface area contributed by atoms with Crippen LogP contribution in [-0.4, -0.2) is 36.2 Å². The van der Waals surface area contributed by atoms with Crippen LogP contribution in [0.25, 0.3) is 0 Å². The van der Waals surface area contributed by atoms with Gasteiger partial charge in [0.15, 0.2) is 0 Å². The van der Waals surface area contributed by atoms with E-state index in [4.69, 9.17) is 11.6 Å². The molecule has 2 aromatic rings. The van der Waals surface area contributed by atoms with Crippen LogP contribution in [0.4, 0.5) is 0 Å². The van der Waals surface area contributed by atoms with Crippen molar-refractivity contribution in [2.75, 3.05) is 25.4 Å². The number of hydrogen-bond acceptors (Lipinski definition) is 3. The maximum absolute atomic E-state index is 12.4. The third kappa shape index (κ3) is 6.84. The Balaban J connectivity index is 1.30. The van der Waals surface area contributed by atoms with E-state index in [0.717, 1.165) is 55.5 Å². The molecule has 2 aromatic carbocycles. The molecule has 1 saturated heterocycles. The van der Waals surface area contributed by atoms with Gasteiger partial charge < -0.3 is 5.32 Å². The monoisotopic (exact) mass is 416 g/mol. The zero-order valence-corrected chi connectivity index (χ0v) is 18.1. The fourth-order valence-electron chi connectivity index (χ4n) is 3.58. The topological polar surface area (TPSA) is 32.3 Å². The van der Waals surface area contributed by atoms with Crippen molar-refractivity contribution in [3.63, 3.8) is 0 Å². The standard InChI is InChI=1S/C23H29ClN2OS/c1-18-3-2-4-20(15-18)16-26-12-9-21(10-13-26)23(27)25-11-14-28-17-19-5-7-22(24)8-6-19/h2-8,15,21H,9-14,16-17H2,1H3,(H,25,27). The number of rotatable bonds is 8. The normalized spacial score (nSPS) is 15.5. The number of hydrogen-bond donors (Lipinski definition) is 1. The minimum absolute atomic E-state index is 0.162. The van der Waals surface area contributed by atoms with Crippen LogP contribution in [-0.2, 0) is 17.1 Å². The highest BCUT2D eigenvalue weighted by molar-refractivity contribution is 7.98. The van der Waals surface area contributed by atoms with Crippen molar-refractivity contribution >= 4 is 29.3 Å². The summed E-state index contributed by atoms with van der Waals surface area (Å²) in [7, 11) is 0. The van der Waals surface area contributed by atoms with Gasteiger partial charge in [-0.3, -0.25) is 9.69 Å². The maximum atomic E-state index is 12.4. The first-order valence-electron chi connectivity index (χ1n) is 9.98. The van der Waals surface area contributed by atoms with Gasteiger partial charge in [0.05, 0.1) is 0 Å². The van der Waals surface area contributed by atoms with E-state index in [0.29, 0.717) is 0 Å². The van der Waals surface area contributed by atoms with Crippen molar-refractivity contribution < 1.29 is 4.79 Å². The summed E-state index contributed by atoms with van der Waals surface area (Å²) in [6.45, 7) is 5.85.